The normalized spacial score (nSPS) is 11.0. The first-order valence-electron chi connectivity index (χ1n) is 10.7. The molecule has 0 N–H and O–H groups in total. The van der Waals surface area contributed by atoms with E-state index in [-0.39, 0.29) is 22.8 Å². The molecule has 0 aromatic heterocycles. The number of Topliss-reactive ketones (excluding diaryl/α,β-unsaturated/α-hetero) is 1. The van der Waals surface area contributed by atoms with E-state index in [1.165, 1.54) is 34.6 Å². The van der Waals surface area contributed by atoms with E-state index in [2.05, 4.69) is 6.58 Å². The smallest absolute Gasteiger partial charge is 0.338 e. The standard InChI is InChI=1S/C27H27NO5S/c1-5-14-28(23-11-7-6-8-12-23)34(31,32)24-13-9-10-22(17-24)27(30)33-18-26(29)25-16-20(3)19(2)15-21(25)4/h5-13,15-17H,1,14,18H2,2-4H3. The number of rotatable bonds is 9. The molecule has 0 saturated heterocycles. The lowest BCUT2D eigenvalue weighted by atomic mass is 9.98. The molecule has 0 bridgehead atoms. The first-order valence-corrected chi connectivity index (χ1v) is 12.2. The predicted molar refractivity (Wildman–Crippen MR) is 133 cm³/mol. The number of nitrogens with zero attached hydrogens (tertiary/aromatic N) is 1. The van der Waals surface area contributed by atoms with Gasteiger partial charge in [0.25, 0.3) is 10.0 Å². The second-order valence-electron chi connectivity index (χ2n) is 7.94. The Morgan fingerprint density at radius 3 is 2.26 bits per heavy atom. The number of para-hydroxylation sites is 1. The third-order valence-electron chi connectivity index (χ3n) is 5.47. The van der Waals surface area contributed by atoms with E-state index < -0.39 is 22.6 Å². The maximum Gasteiger partial charge on any atom is 0.338 e. The maximum atomic E-state index is 13.3. The summed E-state index contributed by atoms with van der Waals surface area (Å²) >= 11 is 0. The zero-order valence-electron chi connectivity index (χ0n) is 19.4. The van der Waals surface area contributed by atoms with Crippen molar-refractivity contribution in [3.8, 4) is 0 Å². The van der Waals surface area contributed by atoms with Crippen LogP contribution < -0.4 is 4.31 Å². The molecule has 3 rings (SSSR count). The maximum absolute atomic E-state index is 13.3. The zero-order valence-corrected chi connectivity index (χ0v) is 20.3. The van der Waals surface area contributed by atoms with Gasteiger partial charge in [-0.15, -0.1) is 6.58 Å². The summed E-state index contributed by atoms with van der Waals surface area (Å²) in [5.74, 6) is -1.10. The van der Waals surface area contributed by atoms with E-state index in [4.69, 9.17) is 4.74 Å². The molecule has 0 spiro atoms. The van der Waals surface area contributed by atoms with Crippen molar-refractivity contribution < 1.29 is 22.7 Å². The molecule has 0 fully saturated rings. The van der Waals surface area contributed by atoms with Crippen molar-refractivity contribution in [2.45, 2.75) is 25.7 Å². The number of carbonyl (C=O) groups excluding carboxylic acids is 2. The number of hydrogen-bond donors (Lipinski definition) is 0. The summed E-state index contributed by atoms with van der Waals surface area (Å²) in [4.78, 5) is 25.2. The van der Waals surface area contributed by atoms with E-state index in [0.29, 0.717) is 11.3 Å². The molecule has 176 valence electrons. The Bertz CT molecular complexity index is 1330. The summed E-state index contributed by atoms with van der Waals surface area (Å²) in [6, 6.07) is 17.9. The van der Waals surface area contributed by atoms with Gasteiger partial charge in [-0.25, -0.2) is 13.2 Å². The number of benzene rings is 3. The van der Waals surface area contributed by atoms with Crippen LogP contribution in [-0.4, -0.2) is 33.3 Å². The highest BCUT2D eigenvalue weighted by atomic mass is 32.2. The Balaban J connectivity index is 1.80. The van der Waals surface area contributed by atoms with Crippen molar-refractivity contribution in [3.05, 3.63) is 107 Å². The molecule has 0 radical (unpaired) electrons. The number of esters is 1. The summed E-state index contributed by atoms with van der Waals surface area (Å²) in [6.07, 6.45) is 1.49. The highest BCUT2D eigenvalue weighted by Gasteiger charge is 2.25. The topological polar surface area (TPSA) is 80.8 Å². The van der Waals surface area contributed by atoms with E-state index >= 15 is 0 Å². The first-order chi connectivity index (χ1) is 16.1. The molecule has 0 unspecified atom stereocenters. The largest absolute Gasteiger partial charge is 0.454 e. The molecule has 0 atom stereocenters. The van der Waals surface area contributed by atoms with Gasteiger partial charge in [0, 0.05) is 5.56 Å². The van der Waals surface area contributed by atoms with Crippen molar-refractivity contribution in [2.24, 2.45) is 0 Å². The van der Waals surface area contributed by atoms with Gasteiger partial charge in [0.15, 0.2) is 6.61 Å². The summed E-state index contributed by atoms with van der Waals surface area (Å²) in [5, 5.41) is 0. The van der Waals surface area contributed by atoms with Gasteiger partial charge in [0.05, 0.1) is 22.7 Å². The van der Waals surface area contributed by atoms with Gasteiger partial charge in [-0.05, 0) is 73.9 Å². The minimum atomic E-state index is -3.97. The van der Waals surface area contributed by atoms with Crippen LogP contribution in [0.1, 0.15) is 37.4 Å². The molecule has 7 heteroatoms. The molecular weight excluding hydrogens is 450 g/mol. The van der Waals surface area contributed by atoms with Gasteiger partial charge in [-0.2, -0.15) is 0 Å². The average Bonchev–Trinajstić information content (AvgIpc) is 2.83. The van der Waals surface area contributed by atoms with Gasteiger partial charge >= 0.3 is 5.97 Å². The van der Waals surface area contributed by atoms with Crippen molar-refractivity contribution in [3.63, 3.8) is 0 Å². The molecule has 0 saturated carbocycles. The highest BCUT2D eigenvalue weighted by Crippen LogP contribution is 2.24. The lowest BCUT2D eigenvalue weighted by Gasteiger charge is -2.23. The summed E-state index contributed by atoms with van der Waals surface area (Å²) < 4.78 is 33.1. The van der Waals surface area contributed by atoms with Crippen molar-refractivity contribution in [1.82, 2.24) is 0 Å². The van der Waals surface area contributed by atoms with E-state index in [0.717, 1.165) is 16.7 Å². The molecule has 3 aromatic carbocycles. The average molecular weight is 478 g/mol. The Morgan fingerprint density at radius 2 is 1.59 bits per heavy atom. The predicted octanol–water partition coefficient (Wildman–Crippen LogP) is 5.03. The Hall–Kier alpha value is -3.71. The molecule has 0 amide bonds. The van der Waals surface area contributed by atoms with Crippen LogP contribution in [0.25, 0.3) is 0 Å². The Labute approximate surface area is 200 Å². The van der Waals surface area contributed by atoms with Crippen LogP contribution in [0.3, 0.4) is 0 Å². The lowest BCUT2D eigenvalue weighted by molar-refractivity contribution is 0.0474. The molecule has 6 nitrogen and oxygen atoms in total. The SMILES string of the molecule is C=CCN(c1ccccc1)S(=O)(=O)c1cccc(C(=O)OCC(=O)c2cc(C)c(C)cc2C)c1. The monoisotopic (exact) mass is 477 g/mol. The zero-order chi connectivity index (χ0) is 24.9. The van der Waals surface area contributed by atoms with Crippen molar-refractivity contribution in [1.29, 1.82) is 0 Å². The summed E-state index contributed by atoms with van der Waals surface area (Å²) in [7, 11) is -3.97. The van der Waals surface area contributed by atoms with E-state index in [1.807, 2.05) is 26.8 Å². The summed E-state index contributed by atoms with van der Waals surface area (Å²) in [5.41, 5.74) is 3.86. The number of ketones is 1. The van der Waals surface area contributed by atoms with Gasteiger partial charge in [-0.3, -0.25) is 9.10 Å². The quantitative estimate of drug-likeness (QED) is 0.245. The fourth-order valence-corrected chi connectivity index (χ4v) is 5.00. The van der Waals surface area contributed by atoms with E-state index in [1.54, 1.807) is 36.4 Å². The molecule has 0 heterocycles. The second-order valence-corrected chi connectivity index (χ2v) is 9.80. The second kappa shape index (κ2) is 10.5. The summed E-state index contributed by atoms with van der Waals surface area (Å²) in [6.45, 7) is 8.98. The van der Waals surface area contributed by atoms with Gasteiger partial charge in [0.2, 0.25) is 5.78 Å². The molecule has 0 aliphatic carbocycles. The molecule has 0 aliphatic rings. The number of aryl methyl sites for hydroxylation is 3. The lowest BCUT2D eigenvalue weighted by Crippen LogP contribution is -2.31. The van der Waals surface area contributed by atoms with E-state index in [9.17, 15) is 18.0 Å². The Kier molecular flexibility index (Phi) is 7.68. The molecule has 34 heavy (non-hydrogen) atoms. The van der Waals surface area contributed by atoms with Gasteiger partial charge in [0.1, 0.15) is 0 Å². The molecular formula is C27H27NO5S. The number of ether oxygens (including phenoxy) is 1. The van der Waals surface area contributed by atoms with Crippen LogP contribution in [0.5, 0.6) is 0 Å². The molecule has 3 aromatic rings. The van der Waals surface area contributed by atoms with Crippen LogP contribution in [0.2, 0.25) is 0 Å². The van der Waals surface area contributed by atoms with Crippen LogP contribution in [0.4, 0.5) is 5.69 Å². The molecule has 0 aliphatic heterocycles. The van der Waals surface area contributed by atoms with Crippen LogP contribution in [0.15, 0.2) is 84.3 Å². The fraction of sp³-hybridized carbons (Fsp3) is 0.185. The Morgan fingerprint density at radius 1 is 0.912 bits per heavy atom. The minimum absolute atomic E-state index is 0.0392. The number of carbonyl (C=O) groups is 2. The minimum Gasteiger partial charge on any atom is -0.454 e. The number of hydrogen-bond acceptors (Lipinski definition) is 5. The third kappa shape index (κ3) is 5.43. The fourth-order valence-electron chi connectivity index (χ4n) is 3.52. The number of anilines is 1. The van der Waals surface area contributed by atoms with Crippen LogP contribution >= 0.6 is 0 Å². The van der Waals surface area contributed by atoms with Gasteiger partial charge in [-0.1, -0.05) is 36.4 Å². The van der Waals surface area contributed by atoms with Crippen LogP contribution in [-0.2, 0) is 14.8 Å². The first kappa shape index (κ1) is 24.9. The number of sulfonamides is 1. The highest BCUT2D eigenvalue weighted by molar-refractivity contribution is 7.92. The third-order valence-corrected chi connectivity index (χ3v) is 7.26. The van der Waals surface area contributed by atoms with Crippen molar-refractivity contribution in [2.75, 3.05) is 17.5 Å². The van der Waals surface area contributed by atoms with Gasteiger partial charge < -0.3 is 4.74 Å². The van der Waals surface area contributed by atoms with Crippen LogP contribution in [0, 0.1) is 20.8 Å². The van der Waals surface area contributed by atoms with Crippen molar-refractivity contribution >= 4 is 27.5 Å².